The fraction of sp³-hybridized carbons (Fsp3) is 0.913. The number of halogens is 1. The van der Waals surface area contributed by atoms with Crippen molar-refractivity contribution >= 4 is 35.3 Å². The monoisotopic (exact) mass is 450 g/mol. The fourth-order valence-corrected chi connectivity index (χ4v) is 4.80. The van der Waals surface area contributed by atoms with E-state index in [-0.39, 0.29) is 18.0 Å². The highest BCUT2D eigenvalue weighted by Crippen LogP contribution is 2.25. The van der Waals surface area contributed by atoms with Crippen LogP contribution in [0, 0.1) is 0 Å². The van der Waals surface area contributed by atoms with Gasteiger partial charge in [-0.2, -0.15) is 11.8 Å². The second-order valence-electron chi connectivity index (χ2n) is 7.60. The average Bonchev–Trinajstić information content (AvgIpc) is 2.67. The molecule has 0 aliphatic heterocycles. The van der Waals surface area contributed by atoms with Crippen LogP contribution in [0.5, 0.6) is 0 Å². The van der Waals surface area contributed by atoms with Gasteiger partial charge in [0.25, 0.3) is 0 Å². The van der Waals surface area contributed by atoms with Crippen LogP contribution >= 0.6 is 23.4 Å². The maximum atomic E-state index is 11.4. The number of alkyl halides is 1. The van der Waals surface area contributed by atoms with E-state index in [0.29, 0.717) is 24.2 Å². The molecule has 2 atom stereocenters. The van der Waals surface area contributed by atoms with Crippen molar-refractivity contribution in [2.45, 2.75) is 116 Å². The van der Waals surface area contributed by atoms with E-state index >= 15 is 0 Å². The number of carbonyl (C=O) groups excluding carboxylic acids is 2. The molecule has 172 valence electrons. The number of thioether (sulfide) groups is 1. The van der Waals surface area contributed by atoms with Gasteiger partial charge in [0.15, 0.2) is 0 Å². The minimum absolute atomic E-state index is 0.0700. The number of rotatable bonds is 20. The van der Waals surface area contributed by atoms with E-state index in [1.807, 2.05) is 18.7 Å². The van der Waals surface area contributed by atoms with Gasteiger partial charge < -0.3 is 9.47 Å². The first-order valence-corrected chi connectivity index (χ1v) is 13.1. The molecule has 0 radical (unpaired) electrons. The molecule has 0 aliphatic rings. The van der Waals surface area contributed by atoms with Gasteiger partial charge in [0.05, 0.1) is 6.61 Å². The van der Waals surface area contributed by atoms with Gasteiger partial charge in [0.2, 0.25) is 0 Å². The van der Waals surface area contributed by atoms with Crippen LogP contribution in [0.25, 0.3) is 0 Å². The summed E-state index contributed by atoms with van der Waals surface area (Å²) in [7, 11) is 0. The van der Waals surface area contributed by atoms with Crippen molar-refractivity contribution < 1.29 is 19.1 Å². The van der Waals surface area contributed by atoms with Crippen LogP contribution in [-0.4, -0.2) is 41.5 Å². The largest absolute Gasteiger partial charge is 0.466 e. The van der Waals surface area contributed by atoms with E-state index < -0.39 is 0 Å². The minimum Gasteiger partial charge on any atom is -0.466 e. The Kier molecular flexibility index (Phi) is 20.5. The molecule has 6 heteroatoms. The molecule has 0 spiro atoms. The number of unbranched alkanes of at least 4 members (excludes halogenated alkanes) is 5. The highest BCUT2D eigenvalue weighted by Gasteiger charge is 2.14. The van der Waals surface area contributed by atoms with Crippen LogP contribution in [-0.2, 0) is 19.1 Å². The van der Waals surface area contributed by atoms with Gasteiger partial charge in [-0.1, -0.05) is 39.0 Å². The third kappa shape index (κ3) is 19.3. The predicted molar refractivity (Wildman–Crippen MR) is 125 cm³/mol. The van der Waals surface area contributed by atoms with Crippen LogP contribution in [0.3, 0.4) is 0 Å². The van der Waals surface area contributed by atoms with Crippen molar-refractivity contribution in [2.75, 3.05) is 18.2 Å². The molecule has 0 bridgehead atoms. The van der Waals surface area contributed by atoms with E-state index in [1.54, 1.807) is 0 Å². The summed E-state index contributed by atoms with van der Waals surface area (Å²) >= 11 is 7.86. The summed E-state index contributed by atoms with van der Waals surface area (Å²) in [6.45, 7) is 6.01. The Bertz CT molecular complexity index is 406. The summed E-state index contributed by atoms with van der Waals surface area (Å²) in [6, 6.07) is 0. The first kappa shape index (κ1) is 28.6. The van der Waals surface area contributed by atoms with Crippen molar-refractivity contribution in [3.05, 3.63) is 0 Å². The van der Waals surface area contributed by atoms with Gasteiger partial charge in [-0.3, -0.25) is 9.59 Å². The zero-order chi connectivity index (χ0) is 21.7. The topological polar surface area (TPSA) is 52.6 Å². The SMILES string of the molecule is CCCCCC(CCCC(CCCCCCC(=O)OCC)SCCCl)OC(C)=O. The van der Waals surface area contributed by atoms with E-state index in [4.69, 9.17) is 21.1 Å². The standard InChI is InChI=1S/C23H43ClO4S/c1-4-6-9-13-21(28-20(3)25)14-12-16-22(29-19-18-24)15-10-7-8-11-17-23(26)27-5-2/h21-22H,4-19H2,1-3H3. The molecular formula is C23H43ClO4S. The lowest BCUT2D eigenvalue weighted by molar-refractivity contribution is -0.147. The molecule has 0 aromatic carbocycles. The number of esters is 2. The second-order valence-corrected chi connectivity index (χ2v) is 9.38. The van der Waals surface area contributed by atoms with Crippen molar-refractivity contribution in [3.8, 4) is 0 Å². The Labute approximate surface area is 188 Å². The maximum absolute atomic E-state index is 11.4. The highest BCUT2D eigenvalue weighted by molar-refractivity contribution is 7.99. The number of ether oxygens (including phenoxy) is 2. The Balaban J connectivity index is 4.11. The van der Waals surface area contributed by atoms with Crippen LogP contribution in [0.4, 0.5) is 0 Å². The molecule has 0 heterocycles. The molecular weight excluding hydrogens is 408 g/mol. The summed E-state index contributed by atoms with van der Waals surface area (Å²) in [5.41, 5.74) is 0. The first-order valence-electron chi connectivity index (χ1n) is 11.5. The Morgan fingerprint density at radius 2 is 1.55 bits per heavy atom. The molecule has 29 heavy (non-hydrogen) atoms. The second kappa shape index (κ2) is 20.8. The molecule has 0 rings (SSSR count). The smallest absolute Gasteiger partial charge is 0.305 e. The number of hydrogen-bond donors (Lipinski definition) is 0. The van der Waals surface area contributed by atoms with Crippen molar-refractivity contribution in [3.63, 3.8) is 0 Å². The van der Waals surface area contributed by atoms with Crippen LogP contribution in [0.1, 0.15) is 104 Å². The molecule has 0 aromatic heterocycles. The predicted octanol–water partition coefficient (Wildman–Crippen LogP) is 6.91. The quantitative estimate of drug-likeness (QED) is 0.114. The summed E-state index contributed by atoms with van der Waals surface area (Å²) in [6.07, 6.45) is 13.8. The molecule has 0 amide bonds. The first-order chi connectivity index (χ1) is 14.0. The maximum Gasteiger partial charge on any atom is 0.305 e. The Morgan fingerprint density at radius 1 is 0.897 bits per heavy atom. The molecule has 0 aromatic rings. The van der Waals surface area contributed by atoms with E-state index in [2.05, 4.69) is 6.92 Å². The van der Waals surface area contributed by atoms with Gasteiger partial charge in [-0.05, 0) is 51.9 Å². The molecule has 0 fully saturated rings. The average molecular weight is 451 g/mol. The van der Waals surface area contributed by atoms with Crippen molar-refractivity contribution in [1.82, 2.24) is 0 Å². The molecule has 0 saturated carbocycles. The fourth-order valence-electron chi connectivity index (χ4n) is 3.44. The number of carbonyl (C=O) groups is 2. The molecule has 0 saturated heterocycles. The van der Waals surface area contributed by atoms with Crippen LogP contribution in [0.2, 0.25) is 0 Å². The molecule has 0 N–H and O–H groups in total. The lowest BCUT2D eigenvalue weighted by Crippen LogP contribution is -2.17. The highest BCUT2D eigenvalue weighted by atomic mass is 35.5. The van der Waals surface area contributed by atoms with E-state index in [0.717, 1.165) is 57.1 Å². The van der Waals surface area contributed by atoms with Crippen molar-refractivity contribution in [1.29, 1.82) is 0 Å². The minimum atomic E-state index is -0.164. The van der Waals surface area contributed by atoms with Gasteiger partial charge in [0.1, 0.15) is 6.10 Å². The lowest BCUT2D eigenvalue weighted by Gasteiger charge is -2.20. The van der Waals surface area contributed by atoms with Gasteiger partial charge in [-0.25, -0.2) is 0 Å². The lowest BCUT2D eigenvalue weighted by atomic mass is 10.0. The molecule has 4 nitrogen and oxygen atoms in total. The molecule has 2 unspecified atom stereocenters. The van der Waals surface area contributed by atoms with Crippen LogP contribution in [0.15, 0.2) is 0 Å². The normalized spacial score (nSPS) is 13.1. The van der Waals surface area contributed by atoms with Gasteiger partial charge in [-0.15, -0.1) is 11.6 Å². The number of hydrogen-bond acceptors (Lipinski definition) is 5. The van der Waals surface area contributed by atoms with Crippen LogP contribution < -0.4 is 0 Å². The Morgan fingerprint density at radius 3 is 2.21 bits per heavy atom. The summed E-state index contributed by atoms with van der Waals surface area (Å²) in [5, 5.41) is 0.618. The Hall–Kier alpha value is -0.420. The van der Waals surface area contributed by atoms with Gasteiger partial charge >= 0.3 is 11.9 Å². The summed E-state index contributed by atoms with van der Waals surface area (Å²) < 4.78 is 10.5. The zero-order valence-electron chi connectivity index (χ0n) is 18.9. The summed E-state index contributed by atoms with van der Waals surface area (Å²) in [4.78, 5) is 22.7. The van der Waals surface area contributed by atoms with E-state index in [9.17, 15) is 9.59 Å². The summed E-state index contributed by atoms with van der Waals surface area (Å²) in [5.74, 6) is 1.43. The molecule has 0 aliphatic carbocycles. The zero-order valence-corrected chi connectivity index (χ0v) is 20.5. The van der Waals surface area contributed by atoms with Gasteiger partial charge in [0, 0.05) is 30.2 Å². The van der Waals surface area contributed by atoms with E-state index in [1.165, 1.54) is 32.6 Å². The third-order valence-electron chi connectivity index (χ3n) is 4.91. The van der Waals surface area contributed by atoms with Crippen molar-refractivity contribution in [2.24, 2.45) is 0 Å². The third-order valence-corrected chi connectivity index (χ3v) is 6.70.